The highest BCUT2D eigenvalue weighted by Gasteiger charge is 2.01. The van der Waals surface area contributed by atoms with Crippen LogP contribution in [0, 0.1) is 0 Å². The normalized spacial score (nSPS) is 12.7. The van der Waals surface area contributed by atoms with Crippen LogP contribution in [0.4, 0.5) is 0 Å². The first-order valence-corrected chi connectivity index (χ1v) is 6.52. The average Bonchev–Trinajstić information content (AvgIpc) is 2.25. The minimum absolute atomic E-state index is 0.0347. The van der Waals surface area contributed by atoms with E-state index in [-0.39, 0.29) is 5.56 Å². The van der Waals surface area contributed by atoms with Gasteiger partial charge >= 0.3 is 0 Å². The predicted molar refractivity (Wildman–Crippen MR) is 70.8 cm³/mol. The van der Waals surface area contributed by atoms with Crippen molar-refractivity contribution >= 4 is 15.9 Å². The SMILES string of the molecule is CCCC(C)NCCn1cccc(Br)c1=O. The van der Waals surface area contributed by atoms with Gasteiger partial charge in [-0.3, -0.25) is 4.79 Å². The van der Waals surface area contributed by atoms with Gasteiger partial charge in [-0.05, 0) is 41.4 Å². The Morgan fingerprint density at radius 3 is 3.00 bits per heavy atom. The van der Waals surface area contributed by atoms with Crippen LogP contribution in [-0.4, -0.2) is 17.2 Å². The zero-order chi connectivity index (χ0) is 12.0. The van der Waals surface area contributed by atoms with E-state index in [0.717, 1.165) is 6.54 Å². The molecule has 0 spiro atoms. The number of hydrogen-bond acceptors (Lipinski definition) is 2. The van der Waals surface area contributed by atoms with Crippen molar-refractivity contribution in [2.75, 3.05) is 6.54 Å². The lowest BCUT2D eigenvalue weighted by Crippen LogP contribution is -2.32. The van der Waals surface area contributed by atoms with Gasteiger partial charge in [0.05, 0.1) is 4.47 Å². The van der Waals surface area contributed by atoms with Crippen LogP contribution in [0.3, 0.4) is 0 Å². The van der Waals surface area contributed by atoms with Gasteiger partial charge in [0, 0.05) is 25.3 Å². The third kappa shape index (κ3) is 4.10. The van der Waals surface area contributed by atoms with Gasteiger partial charge in [-0.15, -0.1) is 0 Å². The minimum Gasteiger partial charge on any atom is -0.313 e. The molecule has 0 aliphatic heterocycles. The highest BCUT2D eigenvalue weighted by molar-refractivity contribution is 9.10. The fourth-order valence-corrected chi connectivity index (χ4v) is 2.03. The average molecular weight is 287 g/mol. The molecule has 1 aromatic rings. The van der Waals surface area contributed by atoms with Gasteiger partial charge in [0.1, 0.15) is 0 Å². The number of hydrogen-bond donors (Lipinski definition) is 1. The summed E-state index contributed by atoms with van der Waals surface area (Å²) in [5.74, 6) is 0. The Kier molecular flexibility index (Phi) is 5.77. The molecule has 0 radical (unpaired) electrons. The summed E-state index contributed by atoms with van der Waals surface area (Å²) in [6, 6.07) is 4.17. The molecule has 0 aliphatic carbocycles. The Hall–Kier alpha value is -0.610. The molecule has 1 N–H and O–H groups in total. The molecule has 0 aromatic carbocycles. The van der Waals surface area contributed by atoms with Crippen LogP contribution in [0.25, 0.3) is 0 Å². The first-order valence-electron chi connectivity index (χ1n) is 5.73. The maximum atomic E-state index is 11.7. The molecule has 0 saturated carbocycles. The summed E-state index contributed by atoms with van der Waals surface area (Å²) in [4.78, 5) is 11.7. The molecule has 0 bridgehead atoms. The van der Waals surface area contributed by atoms with E-state index in [1.165, 1.54) is 12.8 Å². The minimum atomic E-state index is 0.0347. The van der Waals surface area contributed by atoms with E-state index in [1.54, 1.807) is 10.6 Å². The van der Waals surface area contributed by atoms with Crippen molar-refractivity contribution in [2.45, 2.75) is 39.3 Å². The molecule has 3 nitrogen and oxygen atoms in total. The van der Waals surface area contributed by atoms with Gasteiger partial charge in [-0.25, -0.2) is 0 Å². The van der Waals surface area contributed by atoms with E-state index >= 15 is 0 Å². The van der Waals surface area contributed by atoms with E-state index in [1.807, 2.05) is 12.3 Å². The number of aromatic nitrogens is 1. The first-order chi connectivity index (χ1) is 7.65. The van der Waals surface area contributed by atoms with E-state index < -0.39 is 0 Å². The summed E-state index contributed by atoms with van der Waals surface area (Å²) in [6.07, 6.45) is 4.18. The van der Waals surface area contributed by atoms with Crippen molar-refractivity contribution in [3.8, 4) is 0 Å². The van der Waals surface area contributed by atoms with Crippen LogP contribution < -0.4 is 10.9 Å². The largest absolute Gasteiger partial charge is 0.313 e. The second-order valence-electron chi connectivity index (χ2n) is 4.00. The fraction of sp³-hybridized carbons (Fsp3) is 0.583. The van der Waals surface area contributed by atoms with Crippen molar-refractivity contribution in [2.24, 2.45) is 0 Å². The zero-order valence-corrected chi connectivity index (χ0v) is 11.5. The summed E-state index contributed by atoms with van der Waals surface area (Å²) < 4.78 is 2.34. The Labute approximate surface area is 105 Å². The number of pyridine rings is 1. The number of rotatable bonds is 6. The molecule has 90 valence electrons. The van der Waals surface area contributed by atoms with Crippen LogP contribution in [0.2, 0.25) is 0 Å². The molecular weight excluding hydrogens is 268 g/mol. The Bertz CT molecular complexity index is 376. The maximum Gasteiger partial charge on any atom is 0.264 e. The second kappa shape index (κ2) is 6.86. The van der Waals surface area contributed by atoms with Crippen molar-refractivity contribution in [1.29, 1.82) is 0 Å². The second-order valence-corrected chi connectivity index (χ2v) is 4.85. The van der Waals surface area contributed by atoms with Gasteiger partial charge in [-0.1, -0.05) is 13.3 Å². The molecule has 1 rings (SSSR count). The molecule has 1 unspecified atom stereocenters. The molecule has 0 amide bonds. The molecule has 0 fully saturated rings. The van der Waals surface area contributed by atoms with Crippen LogP contribution in [0.15, 0.2) is 27.6 Å². The van der Waals surface area contributed by atoms with Gasteiger partial charge in [0.2, 0.25) is 0 Å². The summed E-state index contributed by atoms with van der Waals surface area (Å²) >= 11 is 3.24. The van der Waals surface area contributed by atoms with Crippen molar-refractivity contribution in [1.82, 2.24) is 9.88 Å². The number of nitrogens with zero attached hydrogens (tertiary/aromatic N) is 1. The quantitative estimate of drug-likeness (QED) is 0.871. The van der Waals surface area contributed by atoms with Crippen LogP contribution in [-0.2, 0) is 6.54 Å². The lowest BCUT2D eigenvalue weighted by molar-refractivity contribution is 0.482. The Morgan fingerprint density at radius 2 is 2.31 bits per heavy atom. The highest BCUT2D eigenvalue weighted by Crippen LogP contribution is 2.00. The van der Waals surface area contributed by atoms with Crippen LogP contribution in [0.1, 0.15) is 26.7 Å². The zero-order valence-electron chi connectivity index (χ0n) is 9.87. The van der Waals surface area contributed by atoms with Gasteiger partial charge in [0.25, 0.3) is 5.56 Å². The predicted octanol–water partition coefficient (Wildman–Crippen LogP) is 2.39. The standard InChI is InChI=1S/C12H19BrN2O/c1-3-5-10(2)14-7-9-15-8-4-6-11(13)12(15)16/h4,6,8,10,14H,3,5,7,9H2,1-2H3. The lowest BCUT2D eigenvalue weighted by Gasteiger charge is -2.13. The van der Waals surface area contributed by atoms with Crippen molar-refractivity contribution < 1.29 is 0 Å². The highest BCUT2D eigenvalue weighted by atomic mass is 79.9. The molecule has 0 aliphatic rings. The summed E-state index contributed by atoms with van der Waals surface area (Å²) in [6.45, 7) is 5.90. The van der Waals surface area contributed by atoms with Gasteiger partial charge < -0.3 is 9.88 Å². The molecule has 1 heterocycles. The van der Waals surface area contributed by atoms with Crippen LogP contribution >= 0.6 is 15.9 Å². The molecule has 4 heteroatoms. The summed E-state index contributed by atoms with van der Waals surface area (Å²) in [5, 5.41) is 3.40. The Balaban J connectivity index is 2.43. The lowest BCUT2D eigenvalue weighted by atomic mass is 10.2. The topological polar surface area (TPSA) is 34.0 Å². The number of halogens is 1. The third-order valence-electron chi connectivity index (χ3n) is 2.54. The molecule has 1 atom stereocenters. The maximum absolute atomic E-state index is 11.7. The van der Waals surface area contributed by atoms with Crippen LogP contribution in [0.5, 0.6) is 0 Å². The fourth-order valence-electron chi connectivity index (χ4n) is 1.65. The molecule has 0 saturated heterocycles. The van der Waals surface area contributed by atoms with Crippen molar-refractivity contribution in [3.05, 3.63) is 33.2 Å². The number of nitrogens with one attached hydrogen (secondary N) is 1. The van der Waals surface area contributed by atoms with Crippen molar-refractivity contribution in [3.63, 3.8) is 0 Å². The van der Waals surface area contributed by atoms with Gasteiger partial charge in [-0.2, -0.15) is 0 Å². The monoisotopic (exact) mass is 286 g/mol. The van der Waals surface area contributed by atoms with E-state index in [4.69, 9.17) is 0 Å². The summed E-state index contributed by atoms with van der Waals surface area (Å²) in [5.41, 5.74) is 0.0347. The van der Waals surface area contributed by atoms with E-state index in [0.29, 0.717) is 17.1 Å². The smallest absolute Gasteiger partial charge is 0.264 e. The molecule has 1 aromatic heterocycles. The third-order valence-corrected chi connectivity index (χ3v) is 3.14. The van der Waals surface area contributed by atoms with E-state index in [9.17, 15) is 4.79 Å². The Morgan fingerprint density at radius 1 is 1.56 bits per heavy atom. The van der Waals surface area contributed by atoms with Gasteiger partial charge in [0.15, 0.2) is 0 Å². The summed E-state index contributed by atoms with van der Waals surface area (Å²) in [7, 11) is 0. The first kappa shape index (κ1) is 13.5. The molecular formula is C12H19BrN2O. The van der Waals surface area contributed by atoms with E-state index in [2.05, 4.69) is 35.1 Å². The molecule has 16 heavy (non-hydrogen) atoms.